The molecule has 0 N–H and O–H groups in total. The molecule has 4 saturated carbocycles. The number of rotatable bonds is 2. The van der Waals surface area contributed by atoms with Gasteiger partial charge in [-0.25, -0.2) is 0 Å². The minimum Gasteiger partial charge on any atom is -0.416 e. The maximum atomic E-state index is 7.62. The largest absolute Gasteiger partial charge is 0.416 e. The molecule has 5 rings (SSSR count). The van der Waals surface area contributed by atoms with E-state index in [0.717, 1.165) is 23.7 Å². The van der Waals surface area contributed by atoms with Gasteiger partial charge in [-0.2, -0.15) is 0 Å². The Bertz CT molecular complexity index is 770. The van der Waals surface area contributed by atoms with E-state index < -0.39 is 34.2 Å². The van der Waals surface area contributed by atoms with Crippen molar-refractivity contribution in [3.05, 3.63) is 23.3 Å². The van der Waals surface area contributed by atoms with Gasteiger partial charge in [0.1, 0.15) is 0 Å². The topological polar surface area (TPSA) is 36.9 Å². The Hall–Kier alpha value is 0.188. The molecule has 5 aliphatic rings. The highest BCUT2D eigenvalue weighted by Crippen LogP contribution is 2.68. The van der Waals surface area contributed by atoms with Crippen molar-refractivity contribution in [1.29, 1.82) is 0 Å². The van der Waals surface area contributed by atoms with Crippen LogP contribution in [0.25, 0.3) is 0 Å². The molecule has 180 valence electrons. The lowest BCUT2D eigenvalue weighted by molar-refractivity contribution is 0.207. The number of hydrogen-bond donors (Lipinski definition) is 0. The Balaban J connectivity index is 1.70. The van der Waals surface area contributed by atoms with Crippen LogP contribution in [0.1, 0.15) is 52.4 Å². The van der Waals surface area contributed by atoms with E-state index in [4.69, 9.17) is 16.5 Å². The highest BCUT2D eigenvalue weighted by molar-refractivity contribution is 6.94. The molecule has 0 radical (unpaired) electrons. The van der Waals surface area contributed by atoms with Gasteiger partial charge in [0.05, 0.1) is 0 Å². The van der Waals surface area contributed by atoms with Crippen molar-refractivity contribution < 1.29 is 16.5 Å². The van der Waals surface area contributed by atoms with Gasteiger partial charge in [0.15, 0.2) is 0 Å². The zero-order chi connectivity index (χ0) is 23.1. The van der Waals surface area contributed by atoms with Crippen molar-refractivity contribution in [2.75, 3.05) is 0 Å². The van der Waals surface area contributed by atoms with Gasteiger partial charge in [-0.1, -0.05) is 23.3 Å². The van der Waals surface area contributed by atoms with E-state index in [0.29, 0.717) is 11.1 Å². The third kappa shape index (κ3) is 3.81. The van der Waals surface area contributed by atoms with E-state index >= 15 is 0 Å². The normalized spacial score (nSPS) is 46.0. The molecule has 0 aromatic heterocycles. The third-order valence-electron chi connectivity index (χ3n) is 8.88. The Morgan fingerprint density at radius 2 is 0.969 bits per heavy atom. The van der Waals surface area contributed by atoms with Crippen LogP contribution in [0.5, 0.6) is 0 Å². The van der Waals surface area contributed by atoms with E-state index in [1.165, 1.54) is 38.5 Å². The Morgan fingerprint density at radius 1 is 0.594 bits per heavy atom. The highest BCUT2D eigenvalue weighted by atomic mass is 28.5. The molecule has 0 spiro atoms. The SMILES string of the molecule is CC=C1C2CCC(C2)C1[Si]1(C2C(=CC)C3CCC2C3)O[Si](C)(C)O[Si](C)(C)O[Si](C)(C)O1. The standard InChI is InChI=1S/C24H44O4Si4/c1-9-21-17-11-13-19(15-17)23(21)32(24-20-14-12-18(16-20)22(24)10-2)27-30(5,6)25-29(3,4)26-31(7,8)28-32/h9-10,17-20,23-24H,11-16H2,1-8H3. The minimum absolute atomic E-state index is 0.471. The maximum absolute atomic E-state index is 7.62. The summed E-state index contributed by atoms with van der Waals surface area (Å²) in [4.78, 5) is 0. The number of hydrogen-bond acceptors (Lipinski definition) is 4. The van der Waals surface area contributed by atoms with Gasteiger partial charge >= 0.3 is 34.2 Å². The Labute approximate surface area is 200 Å². The molecular formula is C24H44O4Si4. The highest BCUT2D eigenvalue weighted by Gasteiger charge is 2.70. The van der Waals surface area contributed by atoms with Crippen molar-refractivity contribution in [3.63, 3.8) is 0 Å². The molecule has 6 atom stereocenters. The van der Waals surface area contributed by atoms with Crippen molar-refractivity contribution in [1.82, 2.24) is 0 Å². The van der Waals surface area contributed by atoms with Crippen LogP contribution < -0.4 is 0 Å². The first-order chi connectivity index (χ1) is 14.9. The Morgan fingerprint density at radius 3 is 1.34 bits per heavy atom. The van der Waals surface area contributed by atoms with Crippen LogP contribution in [-0.4, -0.2) is 34.2 Å². The molecule has 1 aliphatic heterocycles. The lowest BCUT2D eigenvalue weighted by atomic mass is 9.93. The fourth-order valence-electron chi connectivity index (χ4n) is 8.73. The van der Waals surface area contributed by atoms with Crippen LogP contribution in [0.4, 0.5) is 0 Å². The van der Waals surface area contributed by atoms with Gasteiger partial charge in [0.25, 0.3) is 0 Å². The van der Waals surface area contributed by atoms with Gasteiger partial charge in [0, 0.05) is 11.1 Å². The first-order valence-electron chi connectivity index (χ1n) is 13.0. The molecule has 0 amide bonds. The van der Waals surface area contributed by atoms with E-state index in [9.17, 15) is 0 Å². The van der Waals surface area contributed by atoms with Crippen molar-refractivity contribution in [3.8, 4) is 0 Å². The zero-order valence-electron chi connectivity index (χ0n) is 21.5. The smallest absolute Gasteiger partial charge is 0.335 e. The second-order valence-corrected chi connectivity index (χ2v) is 26.8. The molecule has 0 aromatic carbocycles. The van der Waals surface area contributed by atoms with E-state index in [-0.39, 0.29) is 0 Å². The summed E-state index contributed by atoms with van der Waals surface area (Å²) in [5.74, 6) is 2.92. The van der Waals surface area contributed by atoms with E-state index in [1.807, 2.05) is 0 Å². The summed E-state index contributed by atoms with van der Waals surface area (Å²) in [7, 11) is -9.93. The predicted octanol–water partition coefficient (Wildman–Crippen LogP) is 7.11. The molecule has 8 heteroatoms. The molecular weight excluding hydrogens is 465 g/mol. The summed E-state index contributed by atoms with van der Waals surface area (Å²) in [6, 6.07) is 0. The number of fused-ring (bicyclic) bond motifs is 4. The second-order valence-electron chi connectivity index (χ2n) is 12.4. The molecule has 5 fully saturated rings. The number of allylic oxidation sites excluding steroid dienone is 4. The maximum Gasteiger partial charge on any atom is 0.335 e. The fraction of sp³-hybridized carbons (Fsp3) is 0.833. The van der Waals surface area contributed by atoms with Crippen LogP contribution in [0.2, 0.25) is 50.4 Å². The predicted molar refractivity (Wildman–Crippen MR) is 139 cm³/mol. The summed E-state index contributed by atoms with van der Waals surface area (Å²) >= 11 is 0. The van der Waals surface area contributed by atoms with Gasteiger partial charge in [-0.15, -0.1) is 0 Å². The summed E-state index contributed by atoms with van der Waals surface area (Å²) < 4.78 is 28.9. The van der Waals surface area contributed by atoms with Crippen LogP contribution in [0.3, 0.4) is 0 Å². The van der Waals surface area contributed by atoms with E-state index in [2.05, 4.69) is 65.3 Å². The van der Waals surface area contributed by atoms with Gasteiger partial charge in [-0.3, -0.25) is 0 Å². The lowest BCUT2D eigenvalue weighted by Crippen LogP contribution is -2.69. The van der Waals surface area contributed by atoms with Crippen LogP contribution in [-0.2, 0) is 16.5 Å². The van der Waals surface area contributed by atoms with Crippen LogP contribution >= 0.6 is 0 Å². The van der Waals surface area contributed by atoms with Gasteiger partial charge in [-0.05, 0) is 115 Å². The minimum atomic E-state index is -2.75. The van der Waals surface area contributed by atoms with Crippen molar-refractivity contribution >= 4 is 34.2 Å². The van der Waals surface area contributed by atoms with E-state index in [1.54, 1.807) is 11.1 Å². The van der Waals surface area contributed by atoms with Crippen molar-refractivity contribution in [2.24, 2.45) is 23.7 Å². The fourth-order valence-corrected chi connectivity index (χ4v) is 32.6. The molecule has 4 bridgehead atoms. The average Bonchev–Trinajstić information content (AvgIpc) is 3.42. The molecule has 1 heterocycles. The molecule has 4 nitrogen and oxygen atoms in total. The molecule has 6 unspecified atom stereocenters. The van der Waals surface area contributed by atoms with Gasteiger partial charge < -0.3 is 16.5 Å². The van der Waals surface area contributed by atoms with Crippen LogP contribution in [0.15, 0.2) is 23.3 Å². The van der Waals surface area contributed by atoms with Crippen LogP contribution in [0, 0.1) is 23.7 Å². The van der Waals surface area contributed by atoms with Crippen molar-refractivity contribution in [2.45, 2.75) is 103 Å². The average molecular weight is 509 g/mol. The third-order valence-corrected chi connectivity index (χ3v) is 26.6. The monoisotopic (exact) mass is 508 g/mol. The lowest BCUT2D eigenvalue weighted by Gasteiger charge is -2.55. The summed E-state index contributed by atoms with van der Waals surface area (Å²) in [5.41, 5.74) is 4.27. The molecule has 0 aromatic rings. The zero-order valence-corrected chi connectivity index (χ0v) is 25.5. The molecule has 4 aliphatic carbocycles. The summed E-state index contributed by atoms with van der Waals surface area (Å²) in [6.45, 7) is 18.0. The Kier molecular flexibility index (Phi) is 5.86. The van der Waals surface area contributed by atoms with Gasteiger partial charge in [0.2, 0.25) is 0 Å². The molecule has 32 heavy (non-hydrogen) atoms. The molecule has 1 saturated heterocycles. The summed E-state index contributed by atoms with van der Waals surface area (Å²) in [6.07, 6.45) is 13.0. The summed E-state index contributed by atoms with van der Waals surface area (Å²) in [5, 5.41) is 0. The second kappa shape index (κ2) is 7.85. The first kappa shape index (κ1) is 23.9. The first-order valence-corrected chi connectivity index (χ1v) is 23.5. The quantitative estimate of drug-likeness (QED) is 0.294.